The van der Waals surface area contributed by atoms with E-state index in [4.69, 9.17) is 14.3 Å². The fraction of sp³-hybridized carbons (Fsp3) is 0.171. The van der Waals surface area contributed by atoms with Crippen molar-refractivity contribution < 1.29 is 9.31 Å². The minimum atomic E-state index is -0.440. The summed E-state index contributed by atoms with van der Waals surface area (Å²) in [5, 5.41) is 4.92. The highest BCUT2D eigenvalue weighted by Gasteiger charge is 2.51. The van der Waals surface area contributed by atoms with Gasteiger partial charge in [-0.25, -0.2) is 4.98 Å². The minimum absolute atomic E-state index is 0.405. The molecule has 1 aliphatic heterocycles. The molecule has 1 fully saturated rings. The normalized spacial score (nSPS) is 16.4. The monoisotopic (exact) mass is 552 g/mol. The summed E-state index contributed by atoms with van der Waals surface area (Å²) < 4.78 is 16.4. The van der Waals surface area contributed by atoms with Crippen LogP contribution in [0, 0.1) is 0 Å². The summed E-state index contributed by atoms with van der Waals surface area (Å²) in [5.74, 6) is 0. The summed E-state index contributed by atoms with van der Waals surface area (Å²) in [6.07, 6.45) is 0. The molecule has 0 bridgehead atoms. The van der Waals surface area contributed by atoms with E-state index in [-0.39, 0.29) is 0 Å². The molecular formula is C35H29BN2O2S. The number of para-hydroxylation sites is 2. The van der Waals surface area contributed by atoms with Crippen LogP contribution >= 0.6 is 11.3 Å². The van der Waals surface area contributed by atoms with Crippen LogP contribution in [0.1, 0.15) is 27.7 Å². The maximum Gasteiger partial charge on any atom is 0.494 e. The lowest BCUT2D eigenvalue weighted by Gasteiger charge is -2.32. The van der Waals surface area contributed by atoms with Gasteiger partial charge in [0.15, 0.2) is 0 Å². The van der Waals surface area contributed by atoms with Crippen molar-refractivity contribution in [3.05, 3.63) is 103 Å². The fourth-order valence-electron chi connectivity index (χ4n) is 6.01. The zero-order chi connectivity index (χ0) is 27.9. The minimum Gasteiger partial charge on any atom is -0.399 e. The Bertz CT molecular complexity index is 2100. The van der Waals surface area contributed by atoms with E-state index in [2.05, 4.69) is 135 Å². The first-order valence-corrected chi connectivity index (χ1v) is 14.9. The average Bonchev–Trinajstić information content (AvgIpc) is 3.59. The van der Waals surface area contributed by atoms with Crippen LogP contribution in [0.25, 0.3) is 59.1 Å². The van der Waals surface area contributed by atoms with Crippen LogP contribution in [0.4, 0.5) is 0 Å². The molecule has 0 spiro atoms. The van der Waals surface area contributed by atoms with Gasteiger partial charge in [-0.1, -0.05) is 78.9 Å². The van der Waals surface area contributed by atoms with Gasteiger partial charge in [-0.15, -0.1) is 11.3 Å². The van der Waals surface area contributed by atoms with Crippen molar-refractivity contribution in [3.8, 4) is 16.9 Å². The fourth-order valence-corrected chi connectivity index (χ4v) is 7.39. The molecule has 8 rings (SSSR count). The summed E-state index contributed by atoms with van der Waals surface area (Å²) in [4.78, 5) is 6.56. The van der Waals surface area contributed by atoms with Crippen LogP contribution in [0.15, 0.2) is 103 Å². The Morgan fingerprint density at radius 3 is 2.10 bits per heavy atom. The molecule has 6 heteroatoms. The Kier molecular flexibility index (Phi) is 5.30. The van der Waals surface area contributed by atoms with Crippen LogP contribution in [-0.2, 0) is 9.31 Å². The number of pyridine rings is 1. The van der Waals surface area contributed by atoms with Crippen LogP contribution in [0.5, 0.6) is 0 Å². The number of hydrogen-bond acceptors (Lipinski definition) is 4. The number of fused-ring (bicyclic) bond motifs is 7. The second-order valence-electron chi connectivity index (χ2n) is 11.9. The lowest BCUT2D eigenvalue weighted by Crippen LogP contribution is -2.41. The lowest BCUT2D eigenvalue weighted by atomic mass is 9.78. The molecule has 0 N–H and O–H groups in total. The van der Waals surface area contributed by atoms with Crippen LogP contribution in [0.3, 0.4) is 0 Å². The van der Waals surface area contributed by atoms with Gasteiger partial charge in [-0.3, -0.25) is 0 Å². The molecule has 7 aromatic rings. The molecule has 3 aromatic heterocycles. The lowest BCUT2D eigenvalue weighted by molar-refractivity contribution is 0.00578. The molecule has 200 valence electrons. The number of aromatic nitrogens is 2. The molecule has 0 radical (unpaired) electrons. The molecule has 0 amide bonds. The first-order valence-electron chi connectivity index (χ1n) is 14.1. The van der Waals surface area contributed by atoms with Gasteiger partial charge in [0, 0.05) is 32.8 Å². The highest BCUT2D eigenvalue weighted by atomic mass is 32.1. The molecule has 0 aliphatic carbocycles. The van der Waals surface area contributed by atoms with Crippen molar-refractivity contribution in [2.75, 3.05) is 0 Å². The number of benzene rings is 4. The Morgan fingerprint density at radius 1 is 0.707 bits per heavy atom. The Labute approximate surface area is 243 Å². The Morgan fingerprint density at radius 2 is 1.37 bits per heavy atom. The predicted octanol–water partition coefficient (Wildman–Crippen LogP) is 8.51. The van der Waals surface area contributed by atoms with Gasteiger partial charge < -0.3 is 13.9 Å². The maximum absolute atomic E-state index is 6.42. The van der Waals surface area contributed by atoms with E-state index in [0.29, 0.717) is 0 Å². The van der Waals surface area contributed by atoms with E-state index >= 15 is 0 Å². The molecule has 4 aromatic carbocycles. The number of hydrogen-bond donors (Lipinski definition) is 0. The first-order chi connectivity index (χ1) is 19.8. The van der Waals surface area contributed by atoms with Crippen LogP contribution in [-0.4, -0.2) is 27.9 Å². The molecule has 1 saturated heterocycles. The first kappa shape index (κ1) is 24.8. The van der Waals surface area contributed by atoms with E-state index in [1.807, 2.05) is 11.3 Å². The largest absolute Gasteiger partial charge is 0.494 e. The summed E-state index contributed by atoms with van der Waals surface area (Å²) in [6.45, 7) is 8.36. The number of nitrogens with zero attached hydrogens (tertiary/aromatic N) is 2. The van der Waals surface area contributed by atoms with E-state index in [0.717, 1.165) is 33.3 Å². The van der Waals surface area contributed by atoms with Gasteiger partial charge in [0.25, 0.3) is 0 Å². The summed E-state index contributed by atoms with van der Waals surface area (Å²) in [6, 6.07) is 36.4. The molecule has 0 saturated carbocycles. The van der Waals surface area contributed by atoms with Gasteiger partial charge in [0.05, 0.1) is 32.6 Å². The van der Waals surface area contributed by atoms with Crippen molar-refractivity contribution >= 4 is 66.0 Å². The number of thiophene rings is 1. The highest BCUT2D eigenvalue weighted by molar-refractivity contribution is 7.26. The third kappa shape index (κ3) is 3.64. The molecule has 4 heterocycles. The highest BCUT2D eigenvalue weighted by Crippen LogP contribution is 2.47. The van der Waals surface area contributed by atoms with Crippen molar-refractivity contribution in [1.82, 2.24) is 9.55 Å². The smallest absolute Gasteiger partial charge is 0.399 e. The molecule has 1 aliphatic rings. The summed E-state index contributed by atoms with van der Waals surface area (Å²) in [7, 11) is -0.440. The van der Waals surface area contributed by atoms with Crippen molar-refractivity contribution in [1.29, 1.82) is 0 Å². The van der Waals surface area contributed by atoms with Crippen LogP contribution < -0.4 is 5.46 Å². The zero-order valence-corrected chi connectivity index (χ0v) is 24.3. The second kappa shape index (κ2) is 8.77. The Hall–Kier alpha value is -3.97. The van der Waals surface area contributed by atoms with E-state index < -0.39 is 18.3 Å². The van der Waals surface area contributed by atoms with Gasteiger partial charge in [0.1, 0.15) is 4.83 Å². The van der Waals surface area contributed by atoms with E-state index in [9.17, 15) is 0 Å². The SMILES string of the molecule is CC1(C)OB(c2ccc3c(c2)nc(-c2ccccc2)c2sc4c(c5ccccc5n4-c4ccccc4)c23)OC1(C)C. The Balaban J connectivity index is 1.47. The van der Waals surface area contributed by atoms with E-state index in [1.54, 1.807) is 0 Å². The molecule has 0 unspecified atom stereocenters. The van der Waals surface area contributed by atoms with Gasteiger partial charge >= 0.3 is 7.12 Å². The molecular weight excluding hydrogens is 523 g/mol. The van der Waals surface area contributed by atoms with Crippen molar-refractivity contribution in [2.45, 2.75) is 38.9 Å². The quantitative estimate of drug-likeness (QED) is 0.206. The van der Waals surface area contributed by atoms with Crippen LogP contribution in [0.2, 0.25) is 0 Å². The van der Waals surface area contributed by atoms with Gasteiger partial charge in [-0.05, 0) is 57.4 Å². The average molecular weight is 553 g/mol. The van der Waals surface area contributed by atoms with Crippen molar-refractivity contribution in [2.24, 2.45) is 0 Å². The summed E-state index contributed by atoms with van der Waals surface area (Å²) >= 11 is 1.83. The number of rotatable bonds is 3. The zero-order valence-electron chi connectivity index (χ0n) is 23.5. The molecule has 4 nitrogen and oxygen atoms in total. The molecule has 0 atom stereocenters. The third-order valence-electron chi connectivity index (χ3n) is 8.83. The van der Waals surface area contributed by atoms with Gasteiger partial charge in [-0.2, -0.15) is 0 Å². The van der Waals surface area contributed by atoms with Crippen molar-refractivity contribution in [3.63, 3.8) is 0 Å². The standard InChI is InChI=1S/C35H29BN2O2S/c1-34(2)35(3,4)40-36(39-34)23-19-20-25-27(21-23)37-31(22-13-7-5-8-14-22)32-29(25)30-26-17-11-12-18-28(26)38(33(30)41-32)24-15-9-6-10-16-24/h5-21H,1-4H3. The van der Waals surface area contributed by atoms with E-state index in [1.165, 1.54) is 31.2 Å². The van der Waals surface area contributed by atoms with Gasteiger partial charge in [0.2, 0.25) is 0 Å². The molecule has 41 heavy (non-hydrogen) atoms. The topological polar surface area (TPSA) is 36.3 Å². The maximum atomic E-state index is 6.42. The third-order valence-corrected chi connectivity index (χ3v) is 10.0. The predicted molar refractivity (Wildman–Crippen MR) is 173 cm³/mol. The summed E-state index contributed by atoms with van der Waals surface area (Å²) in [5.41, 5.74) is 5.61. The second-order valence-corrected chi connectivity index (χ2v) is 12.9.